The fraction of sp³-hybridized carbons (Fsp3) is 0.381. The van der Waals surface area contributed by atoms with E-state index in [4.69, 9.17) is 16.3 Å². The van der Waals surface area contributed by atoms with Crippen LogP contribution in [0.15, 0.2) is 54.6 Å². The average Bonchev–Trinajstić information content (AvgIpc) is 2.70. The minimum Gasteiger partial charge on any atom is -0.484 e. The first-order valence-corrected chi connectivity index (χ1v) is 9.39. The molecule has 6 heteroatoms. The number of aliphatic hydroxyl groups excluding tert-OH is 2. The number of hydrogen-bond acceptors (Lipinski definition) is 4. The Hall–Kier alpha value is -2.08. The van der Waals surface area contributed by atoms with Crippen LogP contribution in [0.2, 0.25) is 5.02 Å². The second kappa shape index (κ2) is 8.74. The van der Waals surface area contributed by atoms with Crippen LogP contribution in [0.25, 0.3) is 0 Å². The monoisotopic (exact) mass is 389 g/mol. The van der Waals surface area contributed by atoms with Gasteiger partial charge in [-0.3, -0.25) is 4.79 Å². The summed E-state index contributed by atoms with van der Waals surface area (Å²) >= 11 is 5.85. The number of rotatable bonds is 6. The Labute approximate surface area is 164 Å². The van der Waals surface area contributed by atoms with E-state index in [0.29, 0.717) is 36.7 Å². The number of amides is 1. The van der Waals surface area contributed by atoms with Gasteiger partial charge >= 0.3 is 0 Å². The van der Waals surface area contributed by atoms with Gasteiger partial charge in [0.2, 0.25) is 0 Å². The van der Waals surface area contributed by atoms with Crippen molar-refractivity contribution in [3.63, 3.8) is 0 Å². The van der Waals surface area contributed by atoms with Crippen molar-refractivity contribution in [2.75, 3.05) is 26.3 Å². The predicted molar refractivity (Wildman–Crippen MR) is 104 cm³/mol. The normalized spacial score (nSPS) is 22.5. The predicted octanol–water partition coefficient (Wildman–Crippen LogP) is 2.53. The van der Waals surface area contributed by atoms with Crippen LogP contribution in [-0.4, -0.2) is 53.4 Å². The summed E-state index contributed by atoms with van der Waals surface area (Å²) in [6.45, 7) is 0.457. The summed E-state index contributed by atoms with van der Waals surface area (Å²) in [5.74, 6) is 0.408. The molecule has 0 aliphatic carbocycles. The van der Waals surface area contributed by atoms with Crippen molar-refractivity contribution < 1.29 is 19.7 Å². The van der Waals surface area contributed by atoms with Gasteiger partial charge in [0.15, 0.2) is 6.61 Å². The van der Waals surface area contributed by atoms with Crippen LogP contribution in [0.3, 0.4) is 0 Å². The molecule has 0 radical (unpaired) electrons. The summed E-state index contributed by atoms with van der Waals surface area (Å²) in [7, 11) is 0. The maximum atomic E-state index is 12.6. The Kier molecular flexibility index (Phi) is 6.37. The summed E-state index contributed by atoms with van der Waals surface area (Å²) < 4.78 is 5.55. The zero-order valence-electron chi connectivity index (χ0n) is 15.1. The van der Waals surface area contributed by atoms with Crippen molar-refractivity contribution in [2.24, 2.45) is 5.41 Å². The zero-order chi connectivity index (χ0) is 19.3. The molecule has 5 nitrogen and oxygen atoms in total. The SMILES string of the molecule is O=C(COc1ccc(Cl)cc1)N1CC[C@H](O)[C@](CO)(Cc2ccccc2)C1. The standard InChI is InChI=1S/C21H24ClNO4/c22-17-6-8-18(9-7-17)27-13-20(26)23-11-10-19(25)21(14-23,15-24)12-16-4-2-1-3-5-16/h1-9,19,24-25H,10-15H2/t19-,21+/m0/s1. The summed E-state index contributed by atoms with van der Waals surface area (Å²) in [6.07, 6.45) is 0.275. The molecule has 2 N–H and O–H groups in total. The third-order valence-electron chi connectivity index (χ3n) is 5.13. The first-order valence-electron chi connectivity index (χ1n) is 9.01. The van der Waals surface area contributed by atoms with Gasteiger partial charge in [-0.25, -0.2) is 0 Å². The van der Waals surface area contributed by atoms with Crippen molar-refractivity contribution in [3.05, 3.63) is 65.2 Å². The third-order valence-corrected chi connectivity index (χ3v) is 5.38. The van der Waals surface area contributed by atoms with E-state index in [0.717, 1.165) is 5.56 Å². The van der Waals surface area contributed by atoms with Gasteiger partial charge in [-0.2, -0.15) is 0 Å². The largest absolute Gasteiger partial charge is 0.484 e. The van der Waals surface area contributed by atoms with Crippen LogP contribution in [0.1, 0.15) is 12.0 Å². The summed E-state index contributed by atoms with van der Waals surface area (Å²) in [5.41, 5.74) is 0.257. The molecule has 3 rings (SSSR count). The van der Waals surface area contributed by atoms with Crippen molar-refractivity contribution in [3.8, 4) is 5.75 Å². The van der Waals surface area contributed by atoms with Gasteiger partial charge in [-0.15, -0.1) is 0 Å². The summed E-state index contributed by atoms with van der Waals surface area (Å²) in [5, 5.41) is 21.2. The number of likely N-dealkylation sites (tertiary alicyclic amines) is 1. The van der Waals surface area contributed by atoms with E-state index in [1.54, 1.807) is 29.2 Å². The second-order valence-corrected chi connectivity index (χ2v) is 7.48. The number of halogens is 1. The van der Waals surface area contributed by atoms with Crippen molar-refractivity contribution >= 4 is 17.5 Å². The lowest BCUT2D eigenvalue weighted by atomic mass is 9.73. The summed E-state index contributed by atoms with van der Waals surface area (Å²) in [4.78, 5) is 14.3. The van der Waals surface area contributed by atoms with Gasteiger partial charge in [0.1, 0.15) is 5.75 Å². The first-order chi connectivity index (χ1) is 13.0. The molecule has 27 heavy (non-hydrogen) atoms. The van der Waals surface area contributed by atoms with Gasteiger partial charge in [-0.05, 0) is 42.7 Å². The number of nitrogens with zero attached hydrogens (tertiary/aromatic N) is 1. The number of benzene rings is 2. The highest BCUT2D eigenvalue weighted by Crippen LogP contribution is 2.34. The molecule has 0 bridgehead atoms. The number of ether oxygens (including phenoxy) is 1. The van der Waals surface area contributed by atoms with E-state index in [1.807, 2.05) is 30.3 Å². The lowest BCUT2D eigenvalue weighted by molar-refractivity contribution is -0.143. The van der Waals surface area contributed by atoms with Crippen LogP contribution in [0.5, 0.6) is 5.75 Å². The van der Waals surface area contributed by atoms with Crippen LogP contribution < -0.4 is 4.74 Å². The van der Waals surface area contributed by atoms with Crippen molar-refractivity contribution in [1.29, 1.82) is 0 Å². The molecule has 2 aromatic rings. The number of hydrogen-bond donors (Lipinski definition) is 2. The van der Waals surface area contributed by atoms with Crippen molar-refractivity contribution in [1.82, 2.24) is 4.90 Å². The summed E-state index contributed by atoms with van der Waals surface area (Å²) in [6, 6.07) is 16.5. The lowest BCUT2D eigenvalue weighted by Gasteiger charge is -2.45. The lowest BCUT2D eigenvalue weighted by Crippen LogP contribution is -2.57. The zero-order valence-corrected chi connectivity index (χ0v) is 15.8. The smallest absolute Gasteiger partial charge is 0.260 e. The number of carbonyl (C=O) groups is 1. The van der Waals surface area contributed by atoms with Gasteiger partial charge in [0, 0.05) is 23.5 Å². The molecule has 1 aliphatic heterocycles. The van der Waals surface area contributed by atoms with Gasteiger partial charge in [0.25, 0.3) is 5.91 Å². The molecule has 0 unspecified atom stereocenters. The van der Waals surface area contributed by atoms with E-state index in [9.17, 15) is 15.0 Å². The molecule has 2 aromatic carbocycles. The Balaban J connectivity index is 1.65. The maximum absolute atomic E-state index is 12.6. The van der Waals surface area contributed by atoms with E-state index in [2.05, 4.69) is 0 Å². The maximum Gasteiger partial charge on any atom is 0.260 e. The minimum atomic E-state index is -0.768. The first kappa shape index (κ1) is 19.7. The molecule has 1 amide bonds. The number of carbonyl (C=O) groups excluding carboxylic acids is 1. The van der Waals surface area contributed by atoms with E-state index in [-0.39, 0.29) is 19.1 Å². The molecule has 0 spiro atoms. The topological polar surface area (TPSA) is 70.0 Å². The van der Waals surface area contributed by atoms with Gasteiger partial charge in [-0.1, -0.05) is 41.9 Å². The number of piperidine rings is 1. The molecule has 1 heterocycles. The van der Waals surface area contributed by atoms with Gasteiger partial charge in [0.05, 0.1) is 12.7 Å². The fourth-order valence-electron chi connectivity index (χ4n) is 3.52. The average molecular weight is 390 g/mol. The molecule has 0 aromatic heterocycles. The Bertz CT molecular complexity index is 753. The quantitative estimate of drug-likeness (QED) is 0.796. The molecule has 0 saturated carbocycles. The molecule has 144 valence electrons. The van der Waals surface area contributed by atoms with Crippen LogP contribution in [0.4, 0.5) is 0 Å². The molecule has 1 fully saturated rings. The highest BCUT2D eigenvalue weighted by atomic mass is 35.5. The molecule has 1 saturated heterocycles. The minimum absolute atomic E-state index is 0.0927. The fourth-order valence-corrected chi connectivity index (χ4v) is 3.64. The molecular formula is C21H24ClNO4. The number of aliphatic hydroxyl groups is 2. The highest BCUT2D eigenvalue weighted by Gasteiger charge is 2.43. The van der Waals surface area contributed by atoms with Gasteiger partial charge < -0.3 is 19.8 Å². The van der Waals surface area contributed by atoms with Crippen molar-refractivity contribution in [2.45, 2.75) is 18.9 Å². The second-order valence-electron chi connectivity index (χ2n) is 7.05. The molecule has 2 atom stereocenters. The van der Waals surface area contributed by atoms with Crippen LogP contribution >= 0.6 is 11.6 Å². The van der Waals surface area contributed by atoms with E-state index in [1.165, 1.54) is 0 Å². The van der Waals surface area contributed by atoms with E-state index < -0.39 is 11.5 Å². The Morgan fingerprint density at radius 2 is 1.89 bits per heavy atom. The van der Waals surface area contributed by atoms with E-state index >= 15 is 0 Å². The Morgan fingerprint density at radius 3 is 2.56 bits per heavy atom. The Morgan fingerprint density at radius 1 is 1.19 bits per heavy atom. The van der Waals surface area contributed by atoms with Crippen LogP contribution in [-0.2, 0) is 11.2 Å². The van der Waals surface area contributed by atoms with Crippen LogP contribution in [0, 0.1) is 5.41 Å². The molecule has 1 aliphatic rings. The molecular weight excluding hydrogens is 366 g/mol. The highest BCUT2D eigenvalue weighted by molar-refractivity contribution is 6.30. The third kappa shape index (κ3) is 4.80.